The smallest absolute Gasteiger partial charge is 0.294 e. The standard InChI is InChI=1S/C13H11ClN4O3/c14-8-1-4-11(12(5-8)18(20)21)17-13(19)6-10-3-2-9(15)7-16-10/h1-5,7H,6,15H2,(H,17,19). The molecule has 0 radical (unpaired) electrons. The summed E-state index contributed by atoms with van der Waals surface area (Å²) < 4.78 is 0. The summed E-state index contributed by atoms with van der Waals surface area (Å²) in [6, 6.07) is 7.27. The summed E-state index contributed by atoms with van der Waals surface area (Å²) in [7, 11) is 0. The number of benzene rings is 1. The lowest BCUT2D eigenvalue weighted by atomic mass is 10.2. The topological polar surface area (TPSA) is 111 Å². The van der Waals surface area contributed by atoms with Gasteiger partial charge in [-0.05, 0) is 24.3 Å². The van der Waals surface area contributed by atoms with Crippen molar-refractivity contribution in [2.75, 3.05) is 11.1 Å². The SMILES string of the molecule is Nc1ccc(CC(=O)Nc2ccc(Cl)cc2[N+](=O)[O-])nc1. The number of nitro groups is 1. The number of carbonyl (C=O) groups is 1. The fraction of sp³-hybridized carbons (Fsp3) is 0.0769. The van der Waals surface area contributed by atoms with Crippen LogP contribution in [0.25, 0.3) is 0 Å². The molecule has 1 heterocycles. The van der Waals surface area contributed by atoms with Crippen LogP contribution < -0.4 is 11.1 Å². The van der Waals surface area contributed by atoms with Gasteiger partial charge in [0.15, 0.2) is 0 Å². The number of anilines is 2. The molecule has 2 aromatic rings. The molecule has 1 amide bonds. The van der Waals surface area contributed by atoms with Gasteiger partial charge in [-0.15, -0.1) is 0 Å². The molecule has 0 spiro atoms. The zero-order valence-corrected chi connectivity index (χ0v) is 11.5. The molecule has 1 aromatic heterocycles. The molecule has 3 N–H and O–H groups in total. The first kappa shape index (κ1) is 14.7. The van der Waals surface area contributed by atoms with Gasteiger partial charge in [0, 0.05) is 16.8 Å². The number of nitrogens with zero attached hydrogens (tertiary/aromatic N) is 2. The Morgan fingerprint density at radius 3 is 2.76 bits per heavy atom. The number of nitro benzene ring substituents is 1. The van der Waals surface area contributed by atoms with E-state index in [9.17, 15) is 14.9 Å². The van der Waals surface area contributed by atoms with Gasteiger partial charge in [-0.2, -0.15) is 0 Å². The third-order valence-electron chi connectivity index (χ3n) is 2.62. The molecule has 7 nitrogen and oxygen atoms in total. The van der Waals surface area contributed by atoms with Crippen molar-refractivity contribution in [3.63, 3.8) is 0 Å². The Labute approximate surface area is 124 Å². The van der Waals surface area contributed by atoms with Crippen molar-refractivity contribution in [3.05, 3.63) is 57.4 Å². The normalized spacial score (nSPS) is 10.1. The van der Waals surface area contributed by atoms with E-state index in [1.165, 1.54) is 24.4 Å². The molecule has 2 rings (SSSR count). The molecule has 0 fully saturated rings. The van der Waals surface area contributed by atoms with Crippen LogP contribution in [0.4, 0.5) is 17.1 Å². The Bertz CT molecular complexity index is 688. The predicted molar refractivity (Wildman–Crippen MR) is 79.1 cm³/mol. The Hall–Kier alpha value is -2.67. The van der Waals surface area contributed by atoms with Crippen LogP contribution in [0.2, 0.25) is 5.02 Å². The lowest BCUT2D eigenvalue weighted by molar-refractivity contribution is -0.383. The first-order valence-electron chi connectivity index (χ1n) is 5.90. The van der Waals surface area contributed by atoms with Crippen molar-refractivity contribution in [2.24, 2.45) is 0 Å². The van der Waals surface area contributed by atoms with E-state index in [2.05, 4.69) is 10.3 Å². The highest BCUT2D eigenvalue weighted by atomic mass is 35.5. The zero-order valence-electron chi connectivity index (χ0n) is 10.7. The molecule has 0 saturated heterocycles. The highest BCUT2D eigenvalue weighted by molar-refractivity contribution is 6.31. The quantitative estimate of drug-likeness (QED) is 0.665. The molecule has 0 unspecified atom stereocenters. The van der Waals surface area contributed by atoms with Crippen LogP contribution in [0.5, 0.6) is 0 Å². The average molecular weight is 307 g/mol. The molecule has 0 aliphatic heterocycles. The summed E-state index contributed by atoms with van der Waals surface area (Å²) in [4.78, 5) is 26.2. The van der Waals surface area contributed by atoms with Crippen LogP contribution in [-0.2, 0) is 11.2 Å². The number of hydrogen-bond donors (Lipinski definition) is 2. The molecule has 108 valence electrons. The Morgan fingerprint density at radius 1 is 1.38 bits per heavy atom. The van der Waals surface area contributed by atoms with Crippen LogP contribution in [0, 0.1) is 10.1 Å². The molecule has 21 heavy (non-hydrogen) atoms. The summed E-state index contributed by atoms with van der Waals surface area (Å²) in [6.07, 6.45) is 1.42. The maximum absolute atomic E-state index is 11.9. The van der Waals surface area contributed by atoms with E-state index < -0.39 is 10.8 Å². The summed E-state index contributed by atoms with van der Waals surface area (Å²) in [5.41, 5.74) is 6.33. The van der Waals surface area contributed by atoms with Crippen molar-refractivity contribution in [1.29, 1.82) is 0 Å². The second kappa shape index (κ2) is 6.19. The lowest BCUT2D eigenvalue weighted by Gasteiger charge is -2.06. The van der Waals surface area contributed by atoms with E-state index in [0.717, 1.165) is 0 Å². The van der Waals surface area contributed by atoms with Crippen molar-refractivity contribution in [1.82, 2.24) is 4.98 Å². The summed E-state index contributed by atoms with van der Waals surface area (Å²) in [5.74, 6) is -0.419. The fourth-order valence-electron chi connectivity index (χ4n) is 1.66. The van der Waals surface area contributed by atoms with E-state index >= 15 is 0 Å². The van der Waals surface area contributed by atoms with E-state index in [1.54, 1.807) is 12.1 Å². The van der Waals surface area contributed by atoms with Gasteiger partial charge in [-0.25, -0.2) is 0 Å². The first-order valence-corrected chi connectivity index (χ1v) is 6.27. The number of hydrogen-bond acceptors (Lipinski definition) is 5. The largest absolute Gasteiger partial charge is 0.397 e. The summed E-state index contributed by atoms with van der Waals surface area (Å²) in [6.45, 7) is 0. The number of amides is 1. The van der Waals surface area contributed by atoms with Gasteiger partial charge in [0.05, 0.1) is 23.2 Å². The van der Waals surface area contributed by atoms with Crippen LogP contribution in [-0.4, -0.2) is 15.8 Å². The minimum absolute atomic E-state index is 0.0138. The monoisotopic (exact) mass is 306 g/mol. The second-order valence-corrected chi connectivity index (χ2v) is 4.66. The van der Waals surface area contributed by atoms with Crippen LogP contribution in [0.1, 0.15) is 5.69 Å². The second-order valence-electron chi connectivity index (χ2n) is 4.23. The molecule has 8 heteroatoms. The average Bonchev–Trinajstić information content (AvgIpc) is 2.43. The van der Waals surface area contributed by atoms with Gasteiger partial charge >= 0.3 is 0 Å². The number of halogens is 1. The van der Waals surface area contributed by atoms with Crippen LogP contribution >= 0.6 is 11.6 Å². The minimum atomic E-state index is -0.608. The maximum Gasteiger partial charge on any atom is 0.294 e. The van der Waals surface area contributed by atoms with Crippen LogP contribution in [0.3, 0.4) is 0 Å². The predicted octanol–water partition coefficient (Wildman–Crippen LogP) is 2.41. The number of nitrogens with two attached hydrogens (primary N) is 1. The van der Waals surface area contributed by atoms with Gasteiger partial charge < -0.3 is 11.1 Å². The number of aromatic nitrogens is 1. The van der Waals surface area contributed by atoms with Gasteiger partial charge in [-0.1, -0.05) is 11.6 Å². The number of rotatable bonds is 4. The molecule has 0 aliphatic carbocycles. The molecule has 0 aliphatic rings. The minimum Gasteiger partial charge on any atom is -0.397 e. The van der Waals surface area contributed by atoms with Crippen LogP contribution in [0.15, 0.2) is 36.5 Å². The molecular formula is C13H11ClN4O3. The number of nitrogens with one attached hydrogen (secondary N) is 1. The van der Waals surface area contributed by atoms with Gasteiger partial charge in [0.25, 0.3) is 5.69 Å². The number of nitrogen functional groups attached to an aromatic ring is 1. The fourth-order valence-corrected chi connectivity index (χ4v) is 1.83. The molecule has 1 aromatic carbocycles. The Morgan fingerprint density at radius 2 is 2.14 bits per heavy atom. The maximum atomic E-state index is 11.9. The molecule has 0 bridgehead atoms. The molecule has 0 atom stereocenters. The summed E-state index contributed by atoms with van der Waals surface area (Å²) in [5, 5.41) is 13.6. The Balaban J connectivity index is 2.12. The zero-order chi connectivity index (χ0) is 15.4. The molecule has 0 saturated carbocycles. The van der Waals surface area contributed by atoms with Crippen molar-refractivity contribution in [3.8, 4) is 0 Å². The third kappa shape index (κ3) is 3.90. The third-order valence-corrected chi connectivity index (χ3v) is 2.85. The summed E-state index contributed by atoms with van der Waals surface area (Å²) >= 11 is 5.70. The van der Waals surface area contributed by atoms with Gasteiger partial charge in [0.2, 0.25) is 5.91 Å². The highest BCUT2D eigenvalue weighted by Gasteiger charge is 2.16. The molecular weight excluding hydrogens is 296 g/mol. The van der Waals surface area contributed by atoms with E-state index in [-0.39, 0.29) is 22.8 Å². The van der Waals surface area contributed by atoms with E-state index in [1.807, 2.05) is 0 Å². The van der Waals surface area contributed by atoms with Crippen molar-refractivity contribution >= 4 is 34.6 Å². The van der Waals surface area contributed by atoms with Gasteiger partial charge in [0.1, 0.15) is 5.69 Å². The van der Waals surface area contributed by atoms with Gasteiger partial charge in [-0.3, -0.25) is 19.9 Å². The first-order chi connectivity index (χ1) is 9.95. The van der Waals surface area contributed by atoms with E-state index in [4.69, 9.17) is 17.3 Å². The number of carbonyl (C=O) groups excluding carboxylic acids is 1. The van der Waals surface area contributed by atoms with Crippen molar-refractivity contribution < 1.29 is 9.72 Å². The highest BCUT2D eigenvalue weighted by Crippen LogP contribution is 2.27. The lowest BCUT2D eigenvalue weighted by Crippen LogP contribution is -2.16. The van der Waals surface area contributed by atoms with Crippen molar-refractivity contribution in [2.45, 2.75) is 6.42 Å². The Kier molecular flexibility index (Phi) is 4.34. The number of pyridine rings is 1. The van der Waals surface area contributed by atoms with E-state index in [0.29, 0.717) is 11.4 Å².